The molecule has 0 spiro atoms. The second-order valence-electron chi connectivity index (χ2n) is 2.69. The normalized spacial score (nSPS) is 12.2. The minimum Gasteiger partial charge on any atom is -0.250 e. The van der Waals surface area contributed by atoms with Gasteiger partial charge in [0.05, 0.1) is 18.3 Å². The van der Waals surface area contributed by atoms with Crippen LogP contribution < -0.4 is 0 Å². The van der Waals surface area contributed by atoms with E-state index in [4.69, 9.17) is 16.9 Å². The van der Waals surface area contributed by atoms with Crippen LogP contribution in [0.2, 0.25) is 5.02 Å². The summed E-state index contributed by atoms with van der Waals surface area (Å²) in [6.45, 7) is 3.00. The molecule has 0 N–H and O–H groups in total. The highest BCUT2D eigenvalue weighted by Gasteiger charge is 2.10. The molecule has 1 aromatic carbocycles. The lowest BCUT2D eigenvalue weighted by Crippen LogP contribution is -1.99. The second-order valence-corrected chi connectivity index (χ2v) is 3.13. The van der Waals surface area contributed by atoms with Crippen molar-refractivity contribution in [3.63, 3.8) is 0 Å². The first-order valence-corrected chi connectivity index (χ1v) is 4.15. The van der Waals surface area contributed by atoms with Gasteiger partial charge in [0.2, 0.25) is 0 Å². The van der Waals surface area contributed by atoms with Crippen LogP contribution in [0.1, 0.15) is 17.0 Å². The fourth-order valence-electron chi connectivity index (χ4n) is 1.06. The lowest BCUT2D eigenvalue weighted by Gasteiger charge is -2.08. The highest BCUT2D eigenvalue weighted by molar-refractivity contribution is 6.30. The van der Waals surface area contributed by atoms with Crippen LogP contribution >= 0.6 is 11.6 Å². The van der Waals surface area contributed by atoms with Crippen molar-refractivity contribution in [2.75, 3.05) is 6.67 Å². The van der Waals surface area contributed by atoms with Gasteiger partial charge in [-0.1, -0.05) is 11.6 Å². The zero-order valence-corrected chi connectivity index (χ0v) is 7.68. The van der Waals surface area contributed by atoms with Crippen LogP contribution in [-0.4, -0.2) is 6.67 Å². The SMILES string of the molecule is [CH2]C(CF)c1cc(Cl)ccc1C#N. The van der Waals surface area contributed by atoms with Crippen molar-refractivity contribution in [1.82, 2.24) is 0 Å². The molecule has 67 valence electrons. The van der Waals surface area contributed by atoms with Crippen LogP contribution in [0.25, 0.3) is 0 Å². The van der Waals surface area contributed by atoms with Gasteiger partial charge in [-0.2, -0.15) is 5.26 Å². The Hall–Kier alpha value is -1.07. The molecular weight excluding hydrogens is 189 g/mol. The molecule has 13 heavy (non-hydrogen) atoms. The van der Waals surface area contributed by atoms with E-state index in [-0.39, 0.29) is 0 Å². The summed E-state index contributed by atoms with van der Waals surface area (Å²) in [5.41, 5.74) is 1.000. The first-order valence-electron chi connectivity index (χ1n) is 3.77. The summed E-state index contributed by atoms with van der Waals surface area (Å²) >= 11 is 5.72. The minimum absolute atomic E-state index is 0.432. The van der Waals surface area contributed by atoms with Gasteiger partial charge in [-0.15, -0.1) is 0 Å². The van der Waals surface area contributed by atoms with Gasteiger partial charge in [-0.05, 0) is 30.7 Å². The molecule has 0 bridgehead atoms. The van der Waals surface area contributed by atoms with Crippen LogP contribution in [0, 0.1) is 18.3 Å². The molecule has 0 heterocycles. The van der Waals surface area contributed by atoms with Gasteiger partial charge in [-0.25, -0.2) is 0 Å². The third-order valence-corrected chi connectivity index (χ3v) is 2.00. The summed E-state index contributed by atoms with van der Waals surface area (Å²) in [7, 11) is 0. The largest absolute Gasteiger partial charge is 0.250 e. The van der Waals surface area contributed by atoms with Crippen molar-refractivity contribution in [2.45, 2.75) is 5.92 Å². The van der Waals surface area contributed by atoms with E-state index >= 15 is 0 Å². The summed E-state index contributed by atoms with van der Waals surface area (Å²) in [6, 6.07) is 6.73. The van der Waals surface area contributed by atoms with E-state index in [0.29, 0.717) is 16.1 Å². The van der Waals surface area contributed by atoms with Crippen molar-refractivity contribution in [3.8, 4) is 6.07 Å². The maximum atomic E-state index is 12.3. The van der Waals surface area contributed by atoms with E-state index < -0.39 is 12.6 Å². The molecule has 1 radical (unpaired) electrons. The molecule has 1 aromatic rings. The molecule has 0 fully saturated rings. The first-order chi connectivity index (χ1) is 6.19. The van der Waals surface area contributed by atoms with Gasteiger partial charge in [0, 0.05) is 10.9 Å². The lowest BCUT2D eigenvalue weighted by atomic mass is 9.97. The van der Waals surface area contributed by atoms with E-state index in [1.165, 1.54) is 0 Å². The van der Waals surface area contributed by atoms with Gasteiger partial charge in [0.1, 0.15) is 0 Å². The maximum Gasteiger partial charge on any atom is 0.0994 e. The monoisotopic (exact) mass is 196 g/mol. The molecule has 0 aliphatic carbocycles. The van der Waals surface area contributed by atoms with Crippen LogP contribution in [-0.2, 0) is 0 Å². The Balaban J connectivity index is 3.17. The van der Waals surface area contributed by atoms with Crippen molar-refractivity contribution >= 4 is 11.6 Å². The Morgan fingerprint density at radius 1 is 1.62 bits per heavy atom. The second kappa shape index (κ2) is 4.25. The number of halogens is 2. The minimum atomic E-state index is -0.588. The summed E-state index contributed by atoms with van der Waals surface area (Å²) in [5.74, 6) is -0.520. The molecule has 0 amide bonds. The van der Waals surface area contributed by atoms with E-state index in [0.717, 1.165) is 0 Å². The Kier molecular flexibility index (Phi) is 3.27. The molecule has 0 aliphatic heterocycles. The fraction of sp³-hybridized carbons (Fsp3) is 0.200. The zero-order valence-electron chi connectivity index (χ0n) is 6.93. The summed E-state index contributed by atoms with van der Waals surface area (Å²) < 4.78 is 12.3. The quantitative estimate of drug-likeness (QED) is 0.713. The van der Waals surface area contributed by atoms with Crippen LogP contribution in [0.15, 0.2) is 18.2 Å². The van der Waals surface area contributed by atoms with E-state index in [1.807, 2.05) is 6.07 Å². The van der Waals surface area contributed by atoms with E-state index in [2.05, 4.69) is 6.92 Å². The van der Waals surface area contributed by atoms with Crippen molar-refractivity contribution in [2.24, 2.45) is 0 Å². The molecule has 0 saturated carbocycles. The highest BCUT2D eigenvalue weighted by Crippen LogP contribution is 2.23. The van der Waals surface area contributed by atoms with Crippen molar-refractivity contribution < 1.29 is 4.39 Å². The zero-order chi connectivity index (χ0) is 9.84. The third-order valence-electron chi connectivity index (χ3n) is 1.76. The van der Waals surface area contributed by atoms with E-state index in [9.17, 15) is 4.39 Å². The lowest BCUT2D eigenvalue weighted by molar-refractivity contribution is 0.465. The number of hydrogen-bond donors (Lipinski definition) is 0. The number of hydrogen-bond acceptors (Lipinski definition) is 1. The number of nitriles is 1. The molecule has 1 unspecified atom stereocenters. The average Bonchev–Trinajstić information content (AvgIpc) is 2.16. The van der Waals surface area contributed by atoms with Crippen LogP contribution in [0.5, 0.6) is 0 Å². The first kappa shape index (κ1) is 10.0. The predicted octanol–water partition coefficient (Wildman–Crippen LogP) is 3.10. The molecular formula is C10H8ClFN. The standard InChI is InChI=1S/C10H8ClFN/c1-7(5-12)10-4-9(11)3-2-8(10)6-13/h2-4,7H,1,5H2. The number of nitrogens with zero attached hydrogens (tertiary/aromatic N) is 1. The average molecular weight is 197 g/mol. The summed E-state index contributed by atoms with van der Waals surface area (Å²) in [4.78, 5) is 0. The maximum absolute atomic E-state index is 12.3. The van der Waals surface area contributed by atoms with Crippen molar-refractivity contribution in [1.29, 1.82) is 5.26 Å². The Labute approximate surface area is 81.8 Å². The predicted molar refractivity (Wildman–Crippen MR) is 50.2 cm³/mol. The number of alkyl halides is 1. The van der Waals surface area contributed by atoms with Crippen LogP contribution in [0.3, 0.4) is 0 Å². The summed E-state index contributed by atoms with van der Waals surface area (Å²) in [5, 5.41) is 9.21. The third kappa shape index (κ3) is 2.19. The molecule has 1 nitrogen and oxygen atoms in total. The van der Waals surface area contributed by atoms with Gasteiger partial charge < -0.3 is 0 Å². The van der Waals surface area contributed by atoms with Crippen molar-refractivity contribution in [3.05, 3.63) is 41.3 Å². The van der Waals surface area contributed by atoms with Gasteiger partial charge in [-0.3, -0.25) is 4.39 Å². The topological polar surface area (TPSA) is 23.8 Å². The fourth-order valence-corrected chi connectivity index (χ4v) is 1.24. The van der Waals surface area contributed by atoms with Crippen LogP contribution in [0.4, 0.5) is 4.39 Å². The van der Waals surface area contributed by atoms with E-state index in [1.54, 1.807) is 18.2 Å². The molecule has 1 rings (SSSR count). The Morgan fingerprint density at radius 3 is 2.85 bits per heavy atom. The summed E-state index contributed by atoms with van der Waals surface area (Å²) in [6.07, 6.45) is 0. The van der Waals surface area contributed by atoms with Gasteiger partial charge >= 0.3 is 0 Å². The molecule has 0 saturated heterocycles. The molecule has 0 aliphatic rings. The Morgan fingerprint density at radius 2 is 2.31 bits per heavy atom. The Bertz CT molecular complexity index is 343. The number of benzene rings is 1. The molecule has 0 aromatic heterocycles. The number of rotatable bonds is 2. The molecule has 3 heteroatoms. The van der Waals surface area contributed by atoms with Gasteiger partial charge in [0.15, 0.2) is 0 Å². The molecule has 1 atom stereocenters. The highest BCUT2D eigenvalue weighted by atomic mass is 35.5. The van der Waals surface area contributed by atoms with Gasteiger partial charge in [0.25, 0.3) is 0 Å². The smallest absolute Gasteiger partial charge is 0.0994 e.